The van der Waals surface area contributed by atoms with Crippen LogP contribution in [0, 0.1) is 6.92 Å². The molecule has 2 N–H and O–H groups in total. The maximum absolute atomic E-state index is 6.12. The first-order chi connectivity index (χ1) is 9.72. The first-order valence-electron chi connectivity index (χ1n) is 6.94. The zero-order chi connectivity index (χ0) is 14.4. The Morgan fingerprint density at radius 2 is 2.15 bits per heavy atom. The Balaban J connectivity index is 1.88. The van der Waals surface area contributed by atoms with E-state index in [1.165, 1.54) is 11.9 Å². The van der Waals surface area contributed by atoms with Crippen molar-refractivity contribution >= 4 is 17.4 Å². The van der Waals surface area contributed by atoms with Crippen LogP contribution < -0.4 is 5.32 Å². The van der Waals surface area contributed by atoms with Gasteiger partial charge in [-0.2, -0.15) is 5.10 Å². The number of aromatic nitrogens is 4. The van der Waals surface area contributed by atoms with Crippen LogP contribution in [0.1, 0.15) is 36.6 Å². The van der Waals surface area contributed by atoms with E-state index in [4.69, 9.17) is 11.6 Å². The minimum atomic E-state index is 0.551. The number of hydrogen-bond acceptors (Lipinski definition) is 4. The largest absolute Gasteiger partial charge is 0.370 e. The second-order valence-electron chi connectivity index (χ2n) is 4.79. The fourth-order valence-electron chi connectivity index (χ4n) is 2.13. The minimum Gasteiger partial charge on any atom is -0.370 e. The predicted octanol–water partition coefficient (Wildman–Crippen LogP) is 3.16. The SMILES string of the molecule is CCCc1c(Cl)ncnc1NCCCc1cn[nH]c1C. The van der Waals surface area contributed by atoms with Gasteiger partial charge in [0.15, 0.2) is 0 Å². The topological polar surface area (TPSA) is 66.5 Å². The summed E-state index contributed by atoms with van der Waals surface area (Å²) in [5.74, 6) is 0.857. The van der Waals surface area contributed by atoms with Crippen molar-refractivity contribution in [1.29, 1.82) is 0 Å². The van der Waals surface area contributed by atoms with Crippen LogP contribution in [0.4, 0.5) is 5.82 Å². The van der Waals surface area contributed by atoms with Crippen molar-refractivity contribution in [1.82, 2.24) is 20.2 Å². The summed E-state index contributed by atoms with van der Waals surface area (Å²) >= 11 is 6.12. The van der Waals surface area contributed by atoms with E-state index in [0.717, 1.165) is 49.3 Å². The summed E-state index contributed by atoms with van der Waals surface area (Å²) in [6.45, 7) is 5.02. The molecule has 0 saturated carbocycles. The van der Waals surface area contributed by atoms with Gasteiger partial charge in [0.1, 0.15) is 17.3 Å². The Hall–Kier alpha value is -1.62. The molecule has 0 bridgehead atoms. The molecular weight excluding hydrogens is 274 g/mol. The van der Waals surface area contributed by atoms with Crippen LogP contribution >= 0.6 is 11.6 Å². The molecule has 0 spiro atoms. The zero-order valence-corrected chi connectivity index (χ0v) is 12.7. The Morgan fingerprint density at radius 1 is 1.30 bits per heavy atom. The highest BCUT2D eigenvalue weighted by atomic mass is 35.5. The first-order valence-corrected chi connectivity index (χ1v) is 7.32. The van der Waals surface area contributed by atoms with E-state index in [1.54, 1.807) is 0 Å². The number of nitrogens with zero attached hydrogens (tertiary/aromatic N) is 3. The molecule has 0 aliphatic carbocycles. The molecule has 0 atom stereocenters. The van der Waals surface area contributed by atoms with Gasteiger partial charge >= 0.3 is 0 Å². The van der Waals surface area contributed by atoms with Gasteiger partial charge in [-0.1, -0.05) is 24.9 Å². The molecule has 2 heterocycles. The van der Waals surface area contributed by atoms with E-state index in [2.05, 4.69) is 32.4 Å². The van der Waals surface area contributed by atoms with Crippen LogP contribution in [-0.4, -0.2) is 26.7 Å². The highest BCUT2D eigenvalue weighted by Gasteiger charge is 2.08. The van der Waals surface area contributed by atoms with Gasteiger partial charge in [-0.15, -0.1) is 0 Å². The zero-order valence-electron chi connectivity index (χ0n) is 11.9. The van der Waals surface area contributed by atoms with Gasteiger partial charge in [-0.25, -0.2) is 9.97 Å². The smallest absolute Gasteiger partial charge is 0.137 e. The molecule has 0 amide bonds. The Morgan fingerprint density at radius 3 is 2.85 bits per heavy atom. The molecule has 0 unspecified atom stereocenters. The van der Waals surface area contributed by atoms with Gasteiger partial charge in [0.05, 0.1) is 6.20 Å². The lowest BCUT2D eigenvalue weighted by molar-refractivity contribution is 0.842. The number of aromatic amines is 1. The first kappa shape index (κ1) is 14.8. The van der Waals surface area contributed by atoms with Crippen molar-refractivity contribution in [2.24, 2.45) is 0 Å². The standard InChI is InChI=1S/C14H20ClN5/c1-3-5-12-13(15)17-9-18-14(12)16-7-4-6-11-8-19-20-10(11)2/h8-9H,3-7H2,1-2H3,(H,19,20)(H,16,17,18). The quantitative estimate of drug-likeness (QED) is 0.608. The van der Waals surface area contributed by atoms with E-state index in [0.29, 0.717) is 5.15 Å². The second-order valence-corrected chi connectivity index (χ2v) is 5.15. The van der Waals surface area contributed by atoms with Gasteiger partial charge in [0, 0.05) is 17.8 Å². The Kier molecular flexibility index (Phi) is 5.35. The summed E-state index contributed by atoms with van der Waals surface area (Å²) in [5, 5.41) is 10.9. The van der Waals surface area contributed by atoms with Crippen LogP contribution in [0.5, 0.6) is 0 Å². The van der Waals surface area contributed by atoms with E-state index in [1.807, 2.05) is 13.1 Å². The summed E-state index contributed by atoms with van der Waals surface area (Å²) < 4.78 is 0. The molecule has 0 aliphatic heterocycles. The van der Waals surface area contributed by atoms with Crippen molar-refractivity contribution < 1.29 is 0 Å². The number of anilines is 1. The molecule has 0 fully saturated rings. The number of nitrogens with one attached hydrogen (secondary N) is 2. The van der Waals surface area contributed by atoms with E-state index >= 15 is 0 Å². The average molecular weight is 294 g/mol. The van der Waals surface area contributed by atoms with Crippen LogP contribution in [0.25, 0.3) is 0 Å². The minimum absolute atomic E-state index is 0.551. The van der Waals surface area contributed by atoms with Crippen molar-refractivity contribution in [3.63, 3.8) is 0 Å². The predicted molar refractivity (Wildman–Crippen MR) is 81.2 cm³/mol. The Bertz CT molecular complexity index is 552. The monoisotopic (exact) mass is 293 g/mol. The lowest BCUT2D eigenvalue weighted by Gasteiger charge is -2.11. The van der Waals surface area contributed by atoms with Gasteiger partial charge in [0.25, 0.3) is 0 Å². The summed E-state index contributed by atoms with van der Waals surface area (Å²) in [6, 6.07) is 0. The molecule has 0 aliphatic rings. The maximum atomic E-state index is 6.12. The van der Waals surface area contributed by atoms with E-state index in [9.17, 15) is 0 Å². The van der Waals surface area contributed by atoms with Gasteiger partial charge < -0.3 is 5.32 Å². The van der Waals surface area contributed by atoms with Crippen molar-refractivity contribution in [2.45, 2.75) is 39.5 Å². The van der Waals surface area contributed by atoms with Crippen molar-refractivity contribution in [3.05, 3.63) is 34.5 Å². The van der Waals surface area contributed by atoms with E-state index in [-0.39, 0.29) is 0 Å². The molecular formula is C14H20ClN5. The fraction of sp³-hybridized carbons (Fsp3) is 0.500. The molecule has 0 aromatic carbocycles. The lowest BCUT2D eigenvalue weighted by atomic mass is 10.1. The summed E-state index contributed by atoms with van der Waals surface area (Å²) in [5.41, 5.74) is 3.42. The average Bonchev–Trinajstić information content (AvgIpc) is 2.84. The number of H-pyrrole nitrogens is 1. The molecule has 2 aromatic rings. The molecule has 0 radical (unpaired) electrons. The third-order valence-electron chi connectivity index (χ3n) is 3.24. The number of rotatable bonds is 7. The normalized spacial score (nSPS) is 10.8. The van der Waals surface area contributed by atoms with Crippen LogP contribution in [0.2, 0.25) is 5.15 Å². The fourth-order valence-corrected chi connectivity index (χ4v) is 2.36. The molecule has 20 heavy (non-hydrogen) atoms. The highest BCUT2D eigenvalue weighted by molar-refractivity contribution is 6.30. The number of hydrogen-bond donors (Lipinski definition) is 2. The Labute approximate surface area is 124 Å². The number of aryl methyl sites for hydroxylation is 2. The van der Waals surface area contributed by atoms with Gasteiger partial charge in [0.2, 0.25) is 0 Å². The van der Waals surface area contributed by atoms with Gasteiger partial charge in [-0.3, -0.25) is 5.10 Å². The van der Waals surface area contributed by atoms with Crippen molar-refractivity contribution in [2.75, 3.05) is 11.9 Å². The molecule has 0 saturated heterocycles. The summed E-state index contributed by atoms with van der Waals surface area (Å²) in [6.07, 6.45) is 7.33. The third kappa shape index (κ3) is 3.70. The highest BCUT2D eigenvalue weighted by Crippen LogP contribution is 2.21. The number of halogens is 1. The summed E-state index contributed by atoms with van der Waals surface area (Å²) in [7, 11) is 0. The maximum Gasteiger partial charge on any atom is 0.137 e. The lowest BCUT2D eigenvalue weighted by Crippen LogP contribution is -2.08. The molecule has 2 aromatic heterocycles. The van der Waals surface area contributed by atoms with Crippen molar-refractivity contribution in [3.8, 4) is 0 Å². The van der Waals surface area contributed by atoms with Crippen LogP contribution in [0.15, 0.2) is 12.5 Å². The molecule has 6 heteroatoms. The summed E-state index contributed by atoms with van der Waals surface area (Å²) in [4.78, 5) is 8.33. The third-order valence-corrected chi connectivity index (χ3v) is 3.57. The second kappa shape index (κ2) is 7.24. The van der Waals surface area contributed by atoms with Gasteiger partial charge in [-0.05, 0) is 31.7 Å². The van der Waals surface area contributed by atoms with Crippen LogP contribution in [0.3, 0.4) is 0 Å². The molecule has 2 rings (SSSR count). The molecule has 5 nitrogen and oxygen atoms in total. The van der Waals surface area contributed by atoms with Crippen LogP contribution in [-0.2, 0) is 12.8 Å². The molecule has 108 valence electrons. The van der Waals surface area contributed by atoms with E-state index < -0.39 is 0 Å².